The summed E-state index contributed by atoms with van der Waals surface area (Å²) in [6, 6.07) is 7.18. The SMILES string of the molecule is CC(C)(N)Oc1c(Cl)cc(C(C)(C)c2cc(Cl)c(OC(C)(C)N)c(Cl)c2)cc1Cl. The monoisotopic (exact) mass is 478 g/mol. The van der Waals surface area contributed by atoms with Gasteiger partial charge in [-0.2, -0.15) is 0 Å². The van der Waals surface area contributed by atoms with E-state index in [4.69, 9.17) is 67.3 Å². The molecule has 0 heterocycles. The molecule has 0 aliphatic heterocycles. The van der Waals surface area contributed by atoms with Crippen molar-refractivity contribution in [2.24, 2.45) is 11.5 Å². The summed E-state index contributed by atoms with van der Waals surface area (Å²) in [7, 11) is 0. The molecule has 0 aliphatic carbocycles. The number of halogens is 4. The third kappa shape index (κ3) is 6.06. The van der Waals surface area contributed by atoms with Gasteiger partial charge in [0, 0.05) is 5.41 Å². The quantitative estimate of drug-likeness (QED) is 0.448. The molecule has 160 valence electrons. The maximum Gasteiger partial charge on any atom is 0.159 e. The molecule has 2 aromatic rings. The average Bonchev–Trinajstić information content (AvgIpc) is 2.52. The molecule has 0 aromatic heterocycles. The molecular formula is C21H26Cl4N2O2. The van der Waals surface area contributed by atoms with Crippen molar-refractivity contribution < 1.29 is 9.47 Å². The molecule has 0 amide bonds. The lowest BCUT2D eigenvalue weighted by Gasteiger charge is -2.30. The summed E-state index contributed by atoms with van der Waals surface area (Å²) in [5, 5.41) is 1.45. The van der Waals surface area contributed by atoms with E-state index in [-0.39, 0.29) is 0 Å². The Morgan fingerprint density at radius 1 is 0.586 bits per heavy atom. The van der Waals surface area contributed by atoms with Crippen LogP contribution >= 0.6 is 46.4 Å². The molecule has 0 unspecified atom stereocenters. The minimum atomic E-state index is -0.919. The summed E-state index contributed by atoms with van der Waals surface area (Å²) in [4.78, 5) is 0. The van der Waals surface area contributed by atoms with Gasteiger partial charge in [-0.05, 0) is 63.1 Å². The Hall–Kier alpha value is -0.880. The average molecular weight is 480 g/mol. The number of benzene rings is 2. The maximum absolute atomic E-state index is 6.44. The summed E-state index contributed by atoms with van der Waals surface area (Å²) >= 11 is 25.8. The van der Waals surface area contributed by atoms with Gasteiger partial charge in [-0.3, -0.25) is 11.5 Å². The predicted octanol–water partition coefficient (Wildman–Crippen LogP) is 6.77. The molecule has 0 atom stereocenters. The van der Waals surface area contributed by atoms with Gasteiger partial charge in [0.1, 0.15) is 0 Å². The van der Waals surface area contributed by atoms with Gasteiger partial charge in [0.25, 0.3) is 0 Å². The highest BCUT2D eigenvalue weighted by Gasteiger charge is 2.29. The number of hydrogen-bond donors (Lipinski definition) is 2. The van der Waals surface area contributed by atoms with Crippen LogP contribution in [0.4, 0.5) is 0 Å². The van der Waals surface area contributed by atoms with Gasteiger partial charge in [-0.1, -0.05) is 60.3 Å². The number of nitrogens with two attached hydrogens (primary N) is 2. The molecule has 0 bridgehead atoms. The Kier molecular flexibility index (Phi) is 7.01. The first kappa shape index (κ1) is 24.4. The fourth-order valence-corrected chi connectivity index (χ4v) is 3.86. The van der Waals surface area contributed by atoms with Crippen molar-refractivity contribution >= 4 is 46.4 Å². The van der Waals surface area contributed by atoms with Crippen molar-refractivity contribution in [2.75, 3.05) is 0 Å². The molecule has 2 aromatic carbocycles. The molecule has 0 saturated carbocycles. The summed E-state index contributed by atoms with van der Waals surface area (Å²) in [5.41, 5.74) is 11.2. The van der Waals surface area contributed by atoms with Crippen molar-refractivity contribution in [1.29, 1.82) is 0 Å². The second-order valence-electron chi connectivity index (χ2n) is 8.57. The molecular weight excluding hydrogens is 454 g/mol. The fraction of sp³-hybridized carbons (Fsp3) is 0.429. The van der Waals surface area contributed by atoms with Crippen molar-refractivity contribution in [1.82, 2.24) is 0 Å². The zero-order chi connectivity index (χ0) is 22.4. The molecule has 4 nitrogen and oxygen atoms in total. The van der Waals surface area contributed by atoms with E-state index in [9.17, 15) is 0 Å². The highest BCUT2D eigenvalue weighted by Crippen LogP contribution is 2.44. The van der Waals surface area contributed by atoms with Crippen LogP contribution in [0.1, 0.15) is 52.7 Å². The van der Waals surface area contributed by atoms with E-state index in [0.29, 0.717) is 31.6 Å². The first-order valence-corrected chi connectivity index (χ1v) is 10.5. The van der Waals surface area contributed by atoms with Gasteiger partial charge in [-0.15, -0.1) is 0 Å². The van der Waals surface area contributed by atoms with Crippen LogP contribution in [0, 0.1) is 0 Å². The molecule has 0 saturated heterocycles. The summed E-state index contributed by atoms with van der Waals surface area (Å²) in [5.74, 6) is 0.677. The van der Waals surface area contributed by atoms with Gasteiger partial charge < -0.3 is 9.47 Å². The predicted molar refractivity (Wildman–Crippen MR) is 123 cm³/mol. The van der Waals surface area contributed by atoms with E-state index < -0.39 is 16.9 Å². The van der Waals surface area contributed by atoms with E-state index in [2.05, 4.69) is 0 Å². The first-order chi connectivity index (χ1) is 13.0. The van der Waals surface area contributed by atoms with Crippen LogP contribution in [0.5, 0.6) is 11.5 Å². The van der Waals surface area contributed by atoms with Crippen LogP contribution < -0.4 is 20.9 Å². The highest BCUT2D eigenvalue weighted by molar-refractivity contribution is 6.38. The maximum atomic E-state index is 6.44. The van der Waals surface area contributed by atoms with Gasteiger partial charge >= 0.3 is 0 Å². The van der Waals surface area contributed by atoms with E-state index in [1.165, 1.54) is 0 Å². The fourth-order valence-electron chi connectivity index (χ4n) is 2.73. The third-order valence-electron chi connectivity index (χ3n) is 4.17. The van der Waals surface area contributed by atoms with Crippen LogP contribution in [-0.4, -0.2) is 11.4 Å². The largest absolute Gasteiger partial charge is 0.470 e. The minimum Gasteiger partial charge on any atom is -0.470 e. The molecule has 29 heavy (non-hydrogen) atoms. The normalized spacial score (nSPS) is 12.8. The van der Waals surface area contributed by atoms with Crippen LogP contribution in [0.15, 0.2) is 24.3 Å². The number of rotatable bonds is 6. The van der Waals surface area contributed by atoms with Gasteiger partial charge in [-0.25, -0.2) is 0 Å². The Morgan fingerprint density at radius 3 is 1.03 bits per heavy atom. The Bertz CT molecular complexity index is 796. The summed E-state index contributed by atoms with van der Waals surface area (Å²) in [6.07, 6.45) is 0. The van der Waals surface area contributed by atoms with Crippen molar-refractivity contribution in [3.63, 3.8) is 0 Å². The van der Waals surface area contributed by atoms with Gasteiger partial charge in [0.15, 0.2) is 22.9 Å². The van der Waals surface area contributed by atoms with E-state index in [0.717, 1.165) is 11.1 Å². The van der Waals surface area contributed by atoms with Crippen molar-refractivity contribution in [2.45, 2.75) is 58.4 Å². The summed E-state index contributed by atoms with van der Waals surface area (Å²) in [6.45, 7) is 10.9. The molecule has 8 heteroatoms. The Labute approximate surface area is 192 Å². The van der Waals surface area contributed by atoms with Gasteiger partial charge in [0.05, 0.1) is 20.1 Å². The lowest BCUT2D eigenvalue weighted by Crippen LogP contribution is -2.39. The summed E-state index contributed by atoms with van der Waals surface area (Å²) < 4.78 is 11.4. The van der Waals surface area contributed by atoms with Gasteiger partial charge in [0.2, 0.25) is 0 Å². The van der Waals surface area contributed by atoms with Crippen LogP contribution in [-0.2, 0) is 5.41 Å². The highest BCUT2D eigenvalue weighted by atomic mass is 35.5. The number of ether oxygens (including phenoxy) is 2. The number of hydrogen-bond acceptors (Lipinski definition) is 4. The zero-order valence-corrected chi connectivity index (χ0v) is 20.3. The lowest BCUT2D eigenvalue weighted by atomic mass is 9.78. The van der Waals surface area contributed by atoms with E-state index in [1.807, 2.05) is 13.8 Å². The standard InChI is InChI=1S/C21H26Cl4N2O2/c1-19(2,11-7-13(22)17(14(23)8-11)28-20(3,4)26)12-9-15(24)18(16(25)10-12)29-21(5,6)27/h7-10H,26-27H2,1-6H3. The molecule has 0 fully saturated rings. The van der Waals surface area contributed by atoms with Crippen molar-refractivity contribution in [3.8, 4) is 11.5 Å². The molecule has 4 N–H and O–H groups in total. The second-order valence-corrected chi connectivity index (χ2v) is 10.2. The van der Waals surface area contributed by atoms with E-state index >= 15 is 0 Å². The first-order valence-electron chi connectivity index (χ1n) is 8.96. The Morgan fingerprint density at radius 2 is 0.828 bits per heavy atom. The molecule has 2 rings (SSSR count). The topological polar surface area (TPSA) is 70.5 Å². The smallest absolute Gasteiger partial charge is 0.159 e. The third-order valence-corrected chi connectivity index (χ3v) is 5.29. The molecule has 0 aliphatic rings. The van der Waals surface area contributed by atoms with Crippen LogP contribution in [0.25, 0.3) is 0 Å². The lowest BCUT2D eigenvalue weighted by molar-refractivity contribution is 0.117. The molecule has 0 radical (unpaired) electrons. The van der Waals surface area contributed by atoms with Crippen molar-refractivity contribution in [3.05, 3.63) is 55.5 Å². The van der Waals surface area contributed by atoms with E-state index in [1.54, 1.807) is 52.0 Å². The Balaban J connectivity index is 2.50. The molecule has 0 spiro atoms. The minimum absolute atomic E-state index is 0.338. The zero-order valence-electron chi connectivity index (χ0n) is 17.3. The van der Waals surface area contributed by atoms with Crippen LogP contribution in [0.2, 0.25) is 20.1 Å². The second kappa shape index (κ2) is 8.33. The van der Waals surface area contributed by atoms with Crippen LogP contribution in [0.3, 0.4) is 0 Å².